The van der Waals surface area contributed by atoms with Gasteiger partial charge in [-0.25, -0.2) is 0 Å². The molecule has 1 saturated heterocycles. The predicted molar refractivity (Wildman–Crippen MR) is 114 cm³/mol. The average Bonchev–Trinajstić information content (AvgIpc) is 2.68. The highest BCUT2D eigenvalue weighted by Crippen LogP contribution is 2.15. The van der Waals surface area contributed by atoms with Gasteiger partial charge in [-0.3, -0.25) is 9.59 Å². The number of nitrogens with one attached hydrogen (secondary N) is 2. The van der Waals surface area contributed by atoms with E-state index >= 15 is 0 Å². The second-order valence-corrected chi connectivity index (χ2v) is 7.50. The van der Waals surface area contributed by atoms with Gasteiger partial charge in [0.15, 0.2) is 5.11 Å². The van der Waals surface area contributed by atoms with Gasteiger partial charge in [-0.05, 0) is 62.2 Å². The number of anilines is 1. The van der Waals surface area contributed by atoms with Crippen molar-refractivity contribution in [3.05, 3.63) is 29.8 Å². The Labute approximate surface area is 167 Å². The van der Waals surface area contributed by atoms with E-state index in [9.17, 15) is 9.59 Å². The summed E-state index contributed by atoms with van der Waals surface area (Å²) in [6, 6.07) is 7.25. The number of benzene rings is 1. The van der Waals surface area contributed by atoms with Gasteiger partial charge in [0.2, 0.25) is 5.91 Å². The van der Waals surface area contributed by atoms with Crippen LogP contribution in [-0.4, -0.2) is 34.9 Å². The molecule has 1 aliphatic heterocycles. The third-order valence-electron chi connectivity index (χ3n) is 4.79. The van der Waals surface area contributed by atoms with E-state index in [1.165, 1.54) is 25.7 Å². The van der Waals surface area contributed by atoms with Crippen molar-refractivity contribution in [1.82, 2.24) is 10.2 Å². The molecule has 0 atom stereocenters. The van der Waals surface area contributed by atoms with E-state index in [1.54, 1.807) is 12.1 Å². The highest BCUT2D eigenvalue weighted by molar-refractivity contribution is 7.80. The first kappa shape index (κ1) is 21.4. The quantitative estimate of drug-likeness (QED) is 0.508. The van der Waals surface area contributed by atoms with Gasteiger partial charge in [-0.1, -0.05) is 32.6 Å². The summed E-state index contributed by atoms with van der Waals surface area (Å²) < 4.78 is 0. The number of rotatable bonds is 8. The normalized spacial score (nSPS) is 13.9. The molecule has 2 rings (SSSR count). The van der Waals surface area contributed by atoms with Crippen LogP contribution in [0.15, 0.2) is 24.3 Å². The Bertz CT molecular complexity index is 625. The van der Waals surface area contributed by atoms with Crippen molar-refractivity contribution in [3.8, 4) is 0 Å². The van der Waals surface area contributed by atoms with Gasteiger partial charge in [0.05, 0.1) is 0 Å². The number of unbranched alkanes of at least 4 members (excludes halogenated alkanes) is 4. The largest absolute Gasteiger partial charge is 0.339 e. The minimum atomic E-state index is -0.0547. The summed E-state index contributed by atoms with van der Waals surface area (Å²) in [6.07, 6.45) is 9.42. The Balaban J connectivity index is 1.74. The van der Waals surface area contributed by atoms with Crippen LogP contribution in [0.4, 0.5) is 5.69 Å². The molecular weight excluding hydrogens is 358 g/mol. The van der Waals surface area contributed by atoms with Crippen molar-refractivity contribution < 1.29 is 9.59 Å². The summed E-state index contributed by atoms with van der Waals surface area (Å²) >= 11 is 5.20. The molecular formula is C21H31N3O2S. The number of nitrogens with zero attached hydrogens (tertiary/aromatic N) is 1. The molecule has 1 aromatic carbocycles. The molecule has 5 nitrogen and oxygen atoms in total. The molecule has 2 N–H and O–H groups in total. The van der Waals surface area contributed by atoms with Gasteiger partial charge in [-0.15, -0.1) is 0 Å². The fourth-order valence-corrected chi connectivity index (χ4v) is 3.45. The number of piperidine rings is 1. The Morgan fingerprint density at radius 3 is 2.33 bits per heavy atom. The molecule has 0 spiro atoms. The van der Waals surface area contributed by atoms with E-state index in [0.29, 0.717) is 17.1 Å². The second kappa shape index (κ2) is 11.7. The number of likely N-dealkylation sites (tertiary alicyclic amines) is 1. The number of carbonyl (C=O) groups is 2. The van der Waals surface area contributed by atoms with E-state index in [1.807, 2.05) is 17.0 Å². The number of hydrogen-bond donors (Lipinski definition) is 2. The lowest BCUT2D eigenvalue weighted by Crippen LogP contribution is -2.35. The zero-order chi connectivity index (χ0) is 19.5. The predicted octanol–water partition coefficient (Wildman–Crippen LogP) is 4.49. The zero-order valence-electron chi connectivity index (χ0n) is 16.3. The minimum absolute atomic E-state index is 0.0547. The monoisotopic (exact) mass is 389 g/mol. The van der Waals surface area contributed by atoms with Crippen molar-refractivity contribution >= 4 is 34.8 Å². The Kier molecular flexibility index (Phi) is 9.25. The molecule has 0 radical (unpaired) electrons. The lowest BCUT2D eigenvalue weighted by Gasteiger charge is -2.26. The molecule has 148 valence electrons. The molecule has 1 fully saturated rings. The third kappa shape index (κ3) is 7.67. The molecule has 0 aromatic heterocycles. The van der Waals surface area contributed by atoms with E-state index < -0.39 is 0 Å². The molecule has 0 bridgehead atoms. The number of hydrogen-bond acceptors (Lipinski definition) is 3. The van der Waals surface area contributed by atoms with Crippen LogP contribution in [0.3, 0.4) is 0 Å². The molecule has 1 aliphatic rings. The highest BCUT2D eigenvalue weighted by atomic mass is 32.1. The standard InChI is InChI=1S/C21H31N3O2S/c1-2-3-4-5-7-10-19(25)23-21(27)22-18-13-11-17(12-14-18)20(26)24-15-8-6-9-16-24/h11-14H,2-10,15-16H2,1H3,(H2,22,23,25,27). The van der Waals surface area contributed by atoms with Gasteiger partial charge in [0, 0.05) is 30.8 Å². The van der Waals surface area contributed by atoms with Crippen LogP contribution < -0.4 is 10.6 Å². The summed E-state index contributed by atoms with van der Waals surface area (Å²) in [5.74, 6) is 0.0288. The number of amides is 2. The lowest BCUT2D eigenvalue weighted by molar-refractivity contribution is -0.119. The summed E-state index contributed by atoms with van der Waals surface area (Å²) in [5, 5.41) is 6.01. The Morgan fingerprint density at radius 1 is 1.00 bits per heavy atom. The molecule has 6 heteroatoms. The van der Waals surface area contributed by atoms with Crippen LogP contribution in [0.2, 0.25) is 0 Å². The Hall–Kier alpha value is -1.95. The Morgan fingerprint density at radius 2 is 1.67 bits per heavy atom. The lowest BCUT2D eigenvalue weighted by atomic mass is 10.1. The summed E-state index contributed by atoms with van der Waals surface area (Å²) in [6.45, 7) is 3.85. The SMILES string of the molecule is CCCCCCCC(=O)NC(=S)Nc1ccc(C(=O)N2CCCCC2)cc1. The molecule has 0 unspecified atom stereocenters. The topological polar surface area (TPSA) is 61.4 Å². The van der Waals surface area contributed by atoms with Crippen molar-refractivity contribution in [1.29, 1.82) is 0 Å². The highest BCUT2D eigenvalue weighted by Gasteiger charge is 2.17. The van der Waals surface area contributed by atoms with Crippen molar-refractivity contribution in [3.63, 3.8) is 0 Å². The van der Waals surface area contributed by atoms with Gasteiger partial charge >= 0.3 is 0 Å². The van der Waals surface area contributed by atoms with Gasteiger partial charge in [0.25, 0.3) is 5.91 Å². The maximum Gasteiger partial charge on any atom is 0.253 e. The second-order valence-electron chi connectivity index (χ2n) is 7.10. The van der Waals surface area contributed by atoms with Crippen molar-refractivity contribution in [2.45, 2.75) is 64.7 Å². The first-order valence-corrected chi connectivity index (χ1v) is 10.5. The van der Waals surface area contributed by atoms with Crippen molar-refractivity contribution in [2.75, 3.05) is 18.4 Å². The van der Waals surface area contributed by atoms with Crippen molar-refractivity contribution in [2.24, 2.45) is 0 Å². The first-order valence-electron chi connectivity index (χ1n) is 10.1. The van der Waals surface area contributed by atoms with Crippen LogP contribution in [0.25, 0.3) is 0 Å². The summed E-state index contributed by atoms with van der Waals surface area (Å²) in [4.78, 5) is 26.3. The smallest absolute Gasteiger partial charge is 0.253 e. The molecule has 1 heterocycles. The van der Waals surface area contributed by atoms with Crippen LogP contribution in [-0.2, 0) is 4.79 Å². The van der Waals surface area contributed by atoms with Crippen LogP contribution in [0, 0.1) is 0 Å². The zero-order valence-corrected chi connectivity index (χ0v) is 17.1. The summed E-state index contributed by atoms with van der Waals surface area (Å²) in [7, 11) is 0. The van der Waals surface area contributed by atoms with Gasteiger partial charge in [-0.2, -0.15) is 0 Å². The van der Waals surface area contributed by atoms with Crippen LogP contribution >= 0.6 is 12.2 Å². The maximum absolute atomic E-state index is 12.5. The van der Waals surface area contributed by atoms with Crippen LogP contribution in [0.5, 0.6) is 0 Å². The first-order chi connectivity index (χ1) is 13.1. The minimum Gasteiger partial charge on any atom is -0.339 e. The molecule has 27 heavy (non-hydrogen) atoms. The molecule has 0 aliphatic carbocycles. The molecule has 0 saturated carbocycles. The maximum atomic E-state index is 12.5. The average molecular weight is 390 g/mol. The van der Waals surface area contributed by atoms with Gasteiger partial charge < -0.3 is 15.5 Å². The van der Waals surface area contributed by atoms with E-state index in [-0.39, 0.29) is 11.8 Å². The van der Waals surface area contributed by atoms with Crippen LogP contribution in [0.1, 0.15) is 75.1 Å². The number of thiocarbonyl (C=S) groups is 1. The summed E-state index contributed by atoms with van der Waals surface area (Å²) in [5.41, 5.74) is 1.45. The third-order valence-corrected chi connectivity index (χ3v) is 5.00. The van der Waals surface area contributed by atoms with Gasteiger partial charge in [0.1, 0.15) is 0 Å². The van der Waals surface area contributed by atoms with E-state index in [2.05, 4.69) is 17.6 Å². The fraction of sp³-hybridized carbons (Fsp3) is 0.571. The van der Waals surface area contributed by atoms with E-state index in [4.69, 9.17) is 12.2 Å². The number of carbonyl (C=O) groups excluding carboxylic acids is 2. The van der Waals surface area contributed by atoms with E-state index in [0.717, 1.165) is 44.5 Å². The fourth-order valence-electron chi connectivity index (χ4n) is 3.22. The molecule has 2 amide bonds. The molecule has 1 aromatic rings.